The van der Waals surface area contributed by atoms with Crippen molar-refractivity contribution in [3.63, 3.8) is 0 Å². The molecule has 0 fully saturated rings. The van der Waals surface area contributed by atoms with Crippen molar-refractivity contribution in [3.8, 4) is 0 Å². The van der Waals surface area contributed by atoms with Gasteiger partial charge in [0.1, 0.15) is 0 Å². The number of hydrogen-bond donors (Lipinski definition) is 1. The van der Waals surface area contributed by atoms with Crippen molar-refractivity contribution < 1.29 is 4.79 Å². The normalized spacial score (nSPS) is 12.6. The predicted molar refractivity (Wildman–Crippen MR) is 58.2 cm³/mol. The SMILES string of the molecule is CC(C)C(NC=O)c1ccc(Cl)cc1. The molecule has 3 heteroatoms. The molecular formula is C11H14ClNO. The molecule has 0 heterocycles. The van der Waals surface area contributed by atoms with Crippen LogP contribution >= 0.6 is 11.6 Å². The van der Waals surface area contributed by atoms with E-state index in [2.05, 4.69) is 19.2 Å². The molecule has 0 aliphatic rings. The minimum Gasteiger partial charge on any atom is -0.352 e. The topological polar surface area (TPSA) is 29.1 Å². The molecule has 0 spiro atoms. The second-order valence-corrected chi connectivity index (χ2v) is 3.99. The number of benzene rings is 1. The summed E-state index contributed by atoms with van der Waals surface area (Å²) < 4.78 is 0. The first kappa shape index (κ1) is 11.1. The fourth-order valence-electron chi connectivity index (χ4n) is 1.42. The zero-order valence-corrected chi connectivity index (χ0v) is 9.08. The highest BCUT2D eigenvalue weighted by atomic mass is 35.5. The number of hydrogen-bond acceptors (Lipinski definition) is 1. The third-order valence-corrected chi connectivity index (χ3v) is 2.40. The second kappa shape index (κ2) is 5.01. The molecule has 76 valence electrons. The minimum absolute atomic E-state index is 0.0600. The van der Waals surface area contributed by atoms with E-state index in [0.29, 0.717) is 10.9 Å². The van der Waals surface area contributed by atoms with E-state index < -0.39 is 0 Å². The van der Waals surface area contributed by atoms with Crippen LogP contribution in [0.3, 0.4) is 0 Å². The van der Waals surface area contributed by atoms with Crippen LogP contribution in [0, 0.1) is 5.92 Å². The maximum atomic E-state index is 10.4. The molecule has 1 amide bonds. The maximum Gasteiger partial charge on any atom is 0.207 e. The van der Waals surface area contributed by atoms with Gasteiger partial charge in [-0.25, -0.2) is 0 Å². The van der Waals surface area contributed by atoms with E-state index in [1.807, 2.05) is 24.3 Å². The molecule has 0 aromatic heterocycles. The van der Waals surface area contributed by atoms with Gasteiger partial charge in [-0.05, 0) is 23.6 Å². The second-order valence-electron chi connectivity index (χ2n) is 3.56. The Hall–Kier alpha value is -1.02. The fraction of sp³-hybridized carbons (Fsp3) is 0.364. The number of carbonyl (C=O) groups excluding carboxylic acids is 1. The molecule has 2 nitrogen and oxygen atoms in total. The van der Waals surface area contributed by atoms with Crippen LogP contribution in [-0.2, 0) is 4.79 Å². The largest absolute Gasteiger partial charge is 0.352 e. The Labute approximate surface area is 89.3 Å². The Bertz CT molecular complexity index is 295. The van der Waals surface area contributed by atoms with E-state index >= 15 is 0 Å². The fourth-order valence-corrected chi connectivity index (χ4v) is 1.54. The van der Waals surface area contributed by atoms with Crippen LogP contribution in [0.15, 0.2) is 24.3 Å². The van der Waals surface area contributed by atoms with Crippen LogP contribution in [0.4, 0.5) is 0 Å². The van der Waals surface area contributed by atoms with Gasteiger partial charge < -0.3 is 5.32 Å². The Morgan fingerprint density at radius 2 is 1.86 bits per heavy atom. The van der Waals surface area contributed by atoms with Crippen LogP contribution < -0.4 is 5.32 Å². The average Bonchev–Trinajstić information content (AvgIpc) is 2.15. The van der Waals surface area contributed by atoms with Crippen LogP contribution in [0.5, 0.6) is 0 Å². The van der Waals surface area contributed by atoms with Gasteiger partial charge in [-0.15, -0.1) is 0 Å². The molecule has 0 bridgehead atoms. The molecule has 0 radical (unpaired) electrons. The standard InChI is InChI=1S/C11H14ClNO/c1-8(2)11(13-7-14)9-3-5-10(12)6-4-9/h3-8,11H,1-2H3,(H,13,14). The van der Waals surface area contributed by atoms with Crippen molar-refractivity contribution >= 4 is 18.0 Å². The van der Waals surface area contributed by atoms with E-state index in [9.17, 15) is 4.79 Å². The van der Waals surface area contributed by atoms with Gasteiger partial charge in [0.15, 0.2) is 0 Å². The summed E-state index contributed by atoms with van der Waals surface area (Å²) in [7, 11) is 0. The Morgan fingerprint density at radius 1 is 1.29 bits per heavy atom. The average molecular weight is 212 g/mol. The summed E-state index contributed by atoms with van der Waals surface area (Å²) in [6.45, 7) is 4.13. The summed E-state index contributed by atoms with van der Waals surface area (Å²) in [6, 6.07) is 7.59. The van der Waals surface area contributed by atoms with Gasteiger partial charge in [-0.3, -0.25) is 4.79 Å². The van der Waals surface area contributed by atoms with Gasteiger partial charge in [-0.1, -0.05) is 37.6 Å². The maximum absolute atomic E-state index is 10.4. The lowest BCUT2D eigenvalue weighted by molar-refractivity contribution is -0.110. The Balaban J connectivity index is 2.87. The van der Waals surface area contributed by atoms with Crippen molar-refractivity contribution in [2.75, 3.05) is 0 Å². The molecule has 1 N–H and O–H groups in total. The molecule has 14 heavy (non-hydrogen) atoms. The molecule has 1 aromatic carbocycles. The Kier molecular flexibility index (Phi) is 3.96. The molecule has 0 saturated carbocycles. The van der Waals surface area contributed by atoms with Crippen LogP contribution in [0.25, 0.3) is 0 Å². The number of rotatable bonds is 4. The lowest BCUT2D eigenvalue weighted by Gasteiger charge is -2.20. The molecule has 1 unspecified atom stereocenters. The highest BCUT2D eigenvalue weighted by Crippen LogP contribution is 2.22. The lowest BCUT2D eigenvalue weighted by Crippen LogP contribution is -2.24. The molecule has 0 saturated heterocycles. The van der Waals surface area contributed by atoms with Crippen molar-refractivity contribution in [1.82, 2.24) is 5.32 Å². The first-order chi connectivity index (χ1) is 6.65. The number of amides is 1. The lowest BCUT2D eigenvalue weighted by atomic mass is 9.96. The highest BCUT2D eigenvalue weighted by molar-refractivity contribution is 6.30. The van der Waals surface area contributed by atoms with Gasteiger partial charge >= 0.3 is 0 Å². The minimum atomic E-state index is 0.0600. The van der Waals surface area contributed by atoms with Crippen molar-refractivity contribution in [2.24, 2.45) is 5.92 Å². The summed E-state index contributed by atoms with van der Waals surface area (Å²) in [5, 5.41) is 3.50. The Morgan fingerprint density at radius 3 is 2.29 bits per heavy atom. The van der Waals surface area contributed by atoms with Gasteiger partial charge in [0.25, 0.3) is 0 Å². The van der Waals surface area contributed by atoms with Crippen molar-refractivity contribution in [1.29, 1.82) is 0 Å². The molecule has 0 aliphatic carbocycles. The van der Waals surface area contributed by atoms with Gasteiger partial charge in [0.05, 0.1) is 6.04 Å². The molecule has 1 aromatic rings. The predicted octanol–water partition coefficient (Wildman–Crippen LogP) is 2.78. The number of nitrogens with one attached hydrogen (secondary N) is 1. The van der Waals surface area contributed by atoms with Gasteiger partial charge in [-0.2, -0.15) is 0 Å². The van der Waals surface area contributed by atoms with E-state index in [1.165, 1.54) is 0 Å². The van der Waals surface area contributed by atoms with Crippen LogP contribution in [0.2, 0.25) is 5.02 Å². The smallest absolute Gasteiger partial charge is 0.207 e. The number of carbonyl (C=O) groups is 1. The summed E-state index contributed by atoms with van der Waals surface area (Å²) in [5.74, 6) is 0.362. The van der Waals surface area contributed by atoms with E-state index in [-0.39, 0.29) is 6.04 Å². The van der Waals surface area contributed by atoms with Gasteiger partial charge in [0, 0.05) is 5.02 Å². The van der Waals surface area contributed by atoms with E-state index in [0.717, 1.165) is 12.0 Å². The first-order valence-electron chi connectivity index (χ1n) is 4.60. The molecule has 1 atom stereocenters. The summed E-state index contributed by atoms with van der Waals surface area (Å²) in [4.78, 5) is 10.4. The zero-order chi connectivity index (χ0) is 10.6. The van der Waals surface area contributed by atoms with Crippen molar-refractivity contribution in [2.45, 2.75) is 19.9 Å². The number of halogens is 1. The third-order valence-electron chi connectivity index (χ3n) is 2.14. The quantitative estimate of drug-likeness (QED) is 0.763. The molecule has 1 rings (SSSR count). The third kappa shape index (κ3) is 2.74. The summed E-state index contributed by atoms with van der Waals surface area (Å²) >= 11 is 5.78. The van der Waals surface area contributed by atoms with Crippen LogP contribution in [0.1, 0.15) is 25.5 Å². The monoisotopic (exact) mass is 211 g/mol. The summed E-state index contributed by atoms with van der Waals surface area (Å²) in [5.41, 5.74) is 1.08. The molecular weight excluding hydrogens is 198 g/mol. The highest BCUT2D eigenvalue weighted by Gasteiger charge is 2.13. The van der Waals surface area contributed by atoms with E-state index in [4.69, 9.17) is 11.6 Å². The first-order valence-corrected chi connectivity index (χ1v) is 4.98. The van der Waals surface area contributed by atoms with Crippen molar-refractivity contribution in [3.05, 3.63) is 34.9 Å². The molecule has 0 aliphatic heterocycles. The zero-order valence-electron chi connectivity index (χ0n) is 8.33. The summed E-state index contributed by atoms with van der Waals surface area (Å²) in [6.07, 6.45) is 0.735. The van der Waals surface area contributed by atoms with Gasteiger partial charge in [0.2, 0.25) is 6.41 Å². The van der Waals surface area contributed by atoms with Crippen LogP contribution in [-0.4, -0.2) is 6.41 Å². The van der Waals surface area contributed by atoms with E-state index in [1.54, 1.807) is 0 Å².